The van der Waals surface area contributed by atoms with E-state index in [-0.39, 0.29) is 34.7 Å². The van der Waals surface area contributed by atoms with Crippen LogP contribution in [-0.4, -0.2) is 77.4 Å². The number of ether oxygens (including phenoxy) is 4. The van der Waals surface area contributed by atoms with Crippen molar-refractivity contribution in [1.29, 1.82) is 0 Å². The summed E-state index contributed by atoms with van der Waals surface area (Å²) in [5, 5.41) is 33.5. The number of aliphatic hydroxyl groups excluding tert-OH is 2. The lowest BCUT2D eigenvalue weighted by Gasteiger charge is -2.64. The molecule has 4 aliphatic carbocycles. The quantitative estimate of drug-likeness (QED) is 0.372. The van der Waals surface area contributed by atoms with Gasteiger partial charge in [-0.25, -0.2) is 4.79 Å². The molecule has 8 nitrogen and oxygen atoms in total. The summed E-state index contributed by atoms with van der Waals surface area (Å²) in [5.41, 5.74) is 0.300. The molecule has 0 aromatic rings. The Labute approximate surface area is 226 Å². The zero-order valence-electron chi connectivity index (χ0n) is 23.3. The lowest BCUT2D eigenvalue weighted by molar-refractivity contribution is -0.313. The van der Waals surface area contributed by atoms with Gasteiger partial charge in [0, 0.05) is 18.6 Å². The molecule has 6 rings (SSSR count). The van der Waals surface area contributed by atoms with Gasteiger partial charge >= 0.3 is 5.97 Å². The molecular formula is C30H46O8. The van der Waals surface area contributed by atoms with Gasteiger partial charge in [0.05, 0.1) is 17.8 Å². The van der Waals surface area contributed by atoms with Gasteiger partial charge in [-0.1, -0.05) is 13.8 Å². The molecule has 0 radical (unpaired) electrons. The summed E-state index contributed by atoms with van der Waals surface area (Å²) in [5.74, 6) is 1.22. The van der Waals surface area contributed by atoms with E-state index in [0.717, 1.165) is 63.4 Å². The maximum absolute atomic E-state index is 12.4. The average Bonchev–Trinajstić information content (AvgIpc) is 3.43. The molecule has 0 bridgehead atoms. The van der Waals surface area contributed by atoms with Crippen molar-refractivity contribution >= 4 is 5.97 Å². The van der Waals surface area contributed by atoms with Crippen molar-refractivity contribution in [2.45, 2.75) is 121 Å². The van der Waals surface area contributed by atoms with Crippen LogP contribution < -0.4 is 0 Å². The summed E-state index contributed by atoms with van der Waals surface area (Å²) in [6.45, 7) is 6.87. The smallest absolute Gasteiger partial charge is 0.331 e. The third kappa shape index (κ3) is 3.88. The van der Waals surface area contributed by atoms with E-state index < -0.39 is 36.3 Å². The number of carbonyl (C=O) groups excluding carboxylic acids is 1. The highest BCUT2D eigenvalue weighted by atomic mass is 16.7. The molecule has 0 unspecified atom stereocenters. The Morgan fingerprint density at radius 1 is 1.00 bits per heavy atom. The second kappa shape index (κ2) is 9.52. The predicted molar refractivity (Wildman–Crippen MR) is 138 cm³/mol. The Bertz CT molecular complexity index is 968. The van der Waals surface area contributed by atoms with Gasteiger partial charge in [0.2, 0.25) is 0 Å². The maximum atomic E-state index is 12.4. The number of carbonyl (C=O) groups is 1. The first-order chi connectivity index (χ1) is 18.0. The molecule has 8 heteroatoms. The zero-order valence-corrected chi connectivity index (χ0v) is 23.3. The van der Waals surface area contributed by atoms with Gasteiger partial charge in [-0.05, 0) is 99.4 Å². The van der Waals surface area contributed by atoms with Gasteiger partial charge in [-0.3, -0.25) is 0 Å². The minimum absolute atomic E-state index is 0.0103. The van der Waals surface area contributed by atoms with Crippen LogP contribution in [0.4, 0.5) is 0 Å². The third-order valence-corrected chi connectivity index (χ3v) is 12.3. The number of aliphatic hydroxyl groups is 3. The standard InChI is InChI=1S/C30H46O8/c1-16-24(32)26(35-4)25(33)27(37-16)38-19-7-10-28(2)18(14-19)5-6-22-21(28)8-11-29(3)20(9-12-30(22,29)34)17-13-23(31)36-15-17/h13,16,18-22,24-27,32-34H,5-12,14-15H2,1-4H3/t16-,18+,19-,20-,21-,22-,24-,25-,26+,27-,28-,29+,30-/m0/s1. The number of hydrogen-bond donors (Lipinski definition) is 3. The molecule has 2 aliphatic heterocycles. The lowest BCUT2D eigenvalue weighted by atomic mass is 9.43. The van der Waals surface area contributed by atoms with E-state index in [1.165, 1.54) is 7.11 Å². The van der Waals surface area contributed by atoms with Gasteiger partial charge in [-0.2, -0.15) is 0 Å². The van der Waals surface area contributed by atoms with Crippen LogP contribution in [0.25, 0.3) is 0 Å². The Morgan fingerprint density at radius 3 is 2.50 bits per heavy atom. The molecule has 0 aromatic carbocycles. The third-order valence-electron chi connectivity index (χ3n) is 12.3. The summed E-state index contributed by atoms with van der Waals surface area (Å²) in [4.78, 5) is 11.8. The molecule has 13 atom stereocenters. The highest BCUT2D eigenvalue weighted by molar-refractivity contribution is 5.85. The van der Waals surface area contributed by atoms with Gasteiger partial charge in [0.15, 0.2) is 6.29 Å². The lowest BCUT2D eigenvalue weighted by Crippen LogP contribution is -2.62. The largest absolute Gasteiger partial charge is 0.458 e. The van der Waals surface area contributed by atoms with Crippen LogP contribution in [0.1, 0.15) is 78.6 Å². The molecule has 0 spiro atoms. The summed E-state index contributed by atoms with van der Waals surface area (Å²) in [6, 6.07) is 0. The monoisotopic (exact) mass is 534 g/mol. The van der Waals surface area contributed by atoms with Crippen molar-refractivity contribution in [2.24, 2.45) is 34.5 Å². The minimum atomic E-state index is -1.04. The second-order valence-electron chi connectivity index (χ2n) is 13.7. The van der Waals surface area contributed by atoms with E-state index in [1.54, 1.807) is 13.0 Å². The molecule has 5 fully saturated rings. The Balaban J connectivity index is 1.16. The first-order valence-electron chi connectivity index (χ1n) is 14.8. The molecule has 4 saturated carbocycles. The molecule has 1 saturated heterocycles. The molecule has 6 aliphatic rings. The molecule has 0 amide bonds. The number of esters is 1. The minimum Gasteiger partial charge on any atom is -0.458 e. The van der Waals surface area contributed by atoms with Crippen molar-refractivity contribution in [3.8, 4) is 0 Å². The van der Waals surface area contributed by atoms with Crippen LogP contribution in [0.15, 0.2) is 11.6 Å². The highest BCUT2D eigenvalue weighted by Crippen LogP contribution is 2.70. The van der Waals surface area contributed by atoms with E-state index in [0.29, 0.717) is 18.4 Å². The van der Waals surface area contributed by atoms with Crippen LogP contribution >= 0.6 is 0 Å². The van der Waals surface area contributed by atoms with Crippen molar-refractivity contribution < 1.29 is 39.1 Å². The highest BCUT2D eigenvalue weighted by Gasteiger charge is 2.67. The van der Waals surface area contributed by atoms with Crippen LogP contribution in [0.5, 0.6) is 0 Å². The van der Waals surface area contributed by atoms with Gasteiger partial charge in [0.25, 0.3) is 0 Å². The van der Waals surface area contributed by atoms with Crippen molar-refractivity contribution in [1.82, 2.24) is 0 Å². The number of methoxy groups -OCH3 is 1. The van der Waals surface area contributed by atoms with Crippen LogP contribution in [0, 0.1) is 34.5 Å². The first kappa shape index (κ1) is 27.2. The summed E-state index contributed by atoms with van der Waals surface area (Å²) < 4.78 is 22.8. The Hall–Kier alpha value is -1.03. The molecule has 3 N–H and O–H groups in total. The maximum Gasteiger partial charge on any atom is 0.331 e. The zero-order chi connectivity index (χ0) is 27.0. The fourth-order valence-electron chi connectivity index (χ4n) is 10.1. The van der Waals surface area contributed by atoms with E-state index in [1.807, 2.05) is 0 Å². The van der Waals surface area contributed by atoms with Crippen molar-refractivity contribution in [3.05, 3.63) is 11.6 Å². The number of cyclic esters (lactones) is 1. The number of fused-ring (bicyclic) bond motifs is 5. The predicted octanol–water partition coefficient (Wildman–Crippen LogP) is 3.11. The molecule has 2 heterocycles. The van der Waals surface area contributed by atoms with Crippen LogP contribution in [0.3, 0.4) is 0 Å². The van der Waals surface area contributed by atoms with E-state index in [4.69, 9.17) is 18.9 Å². The number of rotatable bonds is 4. The molecule has 38 heavy (non-hydrogen) atoms. The fourth-order valence-corrected chi connectivity index (χ4v) is 10.1. The normalized spacial score (nSPS) is 54.5. The van der Waals surface area contributed by atoms with E-state index in [9.17, 15) is 20.1 Å². The summed E-state index contributed by atoms with van der Waals surface area (Å²) >= 11 is 0. The SMILES string of the molecule is CO[C@H]1[C@H](O)[C@H](O[C@H]2CC[C@@]3(C)[C@H](CC[C@H]4[C@@H]3CC[C@]3(C)[C@H](C5=CC(=O)OC5)CC[C@]43O)C2)O[C@@H](C)[C@@H]1O. The second-order valence-corrected chi connectivity index (χ2v) is 13.7. The van der Waals surface area contributed by atoms with Gasteiger partial charge in [0.1, 0.15) is 24.9 Å². The van der Waals surface area contributed by atoms with Crippen LogP contribution in [0.2, 0.25) is 0 Å². The van der Waals surface area contributed by atoms with E-state index in [2.05, 4.69) is 13.8 Å². The fraction of sp³-hybridized carbons (Fsp3) is 0.900. The number of hydrogen-bond acceptors (Lipinski definition) is 8. The Kier molecular flexibility index (Phi) is 6.80. The molecule has 214 valence electrons. The average molecular weight is 535 g/mol. The first-order valence-corrected chi connectivity index (χ1v) is 14.8. The topological polar surface area (TPSA) is 115 Å². The van der Waals surface area contributed by atoms with Crippen LogP contribution in [-0.2, 0) is 23.7 Å². The summed E-state index contributed by atoms with van der Waals surface area (Å²) in [7, 11) is 1.49. The molecular weight excluding hydrogens is 488 g/mol. The molecule has 0 aromatic heterocycles. The Morgan fingerprint density at radius 2 is 1.79 bits per heavy atom. The van der Waals surface area contributed by atoms with Crippen molar-refractivity contribution in [3.63, 3.8) is 0 Å². The summed E-state index contributed by atoms with van der Waals surface area (Å²) in [6.07, 6.45) is 6.45. The van der Waals surface area contributed by atoms with E-state index >= 15 is 0 Å². The van der Waals surface area contributed by atoms with Crippen molar-refractivity contribution in [2.75, 3.05) is 13.7 Å². The van der Waals surface area contributed by atoms with Gasteiger partial charge < -0.3 is 34.3 Å². The van der Waals surface area contributed by atoms with Gasteiger partial charge in [-0.15, -0.1) is 0 Å².